The van der Waals surface area contributed by atoms with E-state index in [-0.39, 0.29) is 5.69 Å². The minimum absolute atomic E-state index is 0.0964. The third-order valence-corrected chi connectivity index (χ3v) is 2.94. The number of hydrogen-bond donors (Lipinski definition) is 2. The van der Waals surface area contributed by atoms with Gasteiger partial charge in [-0.15, -0.1) is 0 Å². The van der Waals surface area contributed by atoms with Crippen LogP contribution in [-0.4, -0.2) is 27.2 Å². The van der Waals surface area contributed by atoms with Crippen molar-refractivity contribution in [1.29, 1.82) is 0 Å². The van der Waals surface area contributed by atoms with Crippen molar-refractivity contribution < 1.29 is 9.18 Å². The Morgan fingerprint density at radius 2 is 2.30 bits per heavy atom. The number of rotatable bonds is 5. The highest BCUT2D eigenvalue weighted by molar-refractivity contribution is 6.04. The first-order chi connectivity index (χ1) is 9.63. The van der Waals surface area contributed by atoms with Crippen molar-refractivity contribution in [3.05, 3.63) is 41.7 Å². The summed E-state index contributed by atoms with van der Waals surface area (Å²) in [7, 11) is 0. The van der Waals surface area contributed by atoms with E-state index in [9.17, 15) is 9.18 Å². The van der Waals surface area contributed by atoms with E-state index in [1.807, 2.05) is 0 Å². The van der Waals surface area contributed by atoms with Gasteiger partial charge >= 0.3 is 0 Å². The van der Waals surface area contributed by atoms with Crippen molar-refractivity contribution in [3.63, 3.8) is 0 Å². The normalized spacial score (nSPS) is 10.6. The van der Waals surface area contributed by atoms with E-state index < -0.39 is 11.7 Å². The van der Waals surface area contributed by atoms with E-state index in [4.69, 9.17) is 5.73 Å². The van der Waals surface area contributed by atoms with E-state index in [1.54, 1.807) is 11.6 Å². The van der Waals surface area contributed by atoms with Crippen LogP contribution >= 0.6 is 0 Å². The minimum atomic E-state index is -0.575. The van der Waals surface area contributed by atoms with Gasteiger partial charge in [0.2, 0.25) is 0 Å². The van der Waals surface area contributed by atoms with Gasteiger partial charge in [-0.2, -0.15) is 5.10 Å². The van der Waals surface area contributed by atoms with Crippen LogP contribution < -0.4 is 11.1 Å². The Bertz CT molecular complexity index is 611. The molecule has 0 atom stereocenters. The van der Waals surface area contributed by atoms with Crippen LogP contribution in [0.5, 0.6) is 0 Å². The zero-order chi connectivity index (χ0) is 14.5. The first-order valence-electron chi connectivity index (χ1n) is 6.27. The lowest BCUT2D eigenvalue weighted by Crippen LogP contribution is -2.15. The van der Waals surface area contributed by atoms with Gasteiger partial charge in [-0.25, -0.2) is 4.39 Å². The number of hydrogen-bond acceptors (Lipinski definition) is 4. The van der Waals surface area contributed by atoms with Crippen molar-refractivity contribution in [2.24, 2.45) is 5.73 Å². The molecule has 0 aliphatic rings. The molecule has 1 amide bonds. The van der Waals surface area contributed by atoms with Crippen molar-refractivity contribution in [2.75, 3.05) is 11.9 Å². The van der Waals surface area contributed by atoms with Gasteiger partial charge < -0.3 is 11.1 Å². The first-order valence-corrected chi connectivity index (χ1v) is 6.27. The molecule has 106 valence electrons. The number of carbonyl (C=O) groups excluding carboxylic acids is 1. The second-order valence-corrected chi connectivity index (χ2v) is 4.32. The molecule has 0 spiro atoms. The third kappa shape index (κ3) is 3.00. The number of nitrogens with zero attached hydrogens (tertiary/aromatic N) is 3. The molecule has 2 rings (SSSR count). The molecule has 2 aromatic heterocycles. The highest BCUT2D eigenvalue weighted by Gasteiger charge is 2.15. The predicted octanol–water partition coefficient (Wildman–Crippen LogP) is 1.33. The van der Waals surface area contributed by atoms with Gasteiger partial charge in [0.1, 0.15) is 0 Å². The maximum Gasteiger partial charge on any atom is 0.259 e. The van der Waals surface area contributed by atoms with Crippen molar-refractivity contribution in [1.82, 2.24) is 14.8 Å². The summed E-state index contributed by atoms with van der Waals surface area (Å²) in [6.45, 7) is 3.00. The molecule has 6 nitrogen and oxygen atoms in total. The second kappa shape index (κ2) is 6.25. The molecular formula is C13H16FN5O. The van der Waals surface area contributed by atoms with E-state index in [1.165, 1.54) is 18.5 Å². The molecule has 0 saturated heterocycles. The number of anilines is 1. The monoisotopic (exact) mass is 277 g/mol. The maximum absolute atomic E-state index is 13.4. The first kappa shape index (κ1) is 14.1. The van der Waals surface area contributed by atoms with Gasteiger partial charge in [-0.05, 0) is 26.0 Å². The van der Waals surface area contributed by atoms with Crippen LogP contribution in [0.2, 0.25) is 0 Å². The van der Waals surface area contributed by atoms with Gasteiger partial charge in [0, 0.05) is 18.4 Å². The Morgan fingerprint density at radius 1 is 1.50 bits per heavy atom. The number of aryl methyl sites for hydroxylation is 1. The molecule has 0 aliphatic heterocycles. The summed E-state index contributed by atoms with van der Waals surface area (Å²) < 4.78 is 15.1. The maximum atomic E-state index is 13.4. The fraction of sp³-hybridized carbons (Fsp3) is 0.308. The Morgan fingerprint density at radius 3 is 3.00 bits per heavy atom. The standard InChI is InChI=1S/C13H16FN5O/c1-9-10(7-17-19(9)6-2-4-15)13(20)18-12-3-5-16-8-11(12)14/h3,5,7-8H,2,4,6,15H2,1H3,(H,16,18,20). The van der Waals surface area contributed by atoms with Crippen LogP contribution in [0.15, 0.2) is 24.7 Å². The van der Waals surface area contributed by atoms with Crippen molar-refractivity contribution in [3.8, 4) is 0 Å². The summed E-state index contributed by atoms with van der Waals surface area (Å²) in [5, 5.41) is 6.64. The summed E-state index contributed by atoms with van der Waals surface area (Å²) >= 11 is 0. The summed E-state index contributed by atoms with van der Waals surface area (Å²) in [5.74, 6) is -0.972. The number of halogens is 1. The number of amides is 1. The summed E-state index contributed by atoms with van der Waals surface area (Å²) in [6, 6.07) is 1.40. The average molecular weight is 277 g/mol. The van der Waals surface area contributed by atoms with Crippen LogP contribution in [0.1, 0.15) is 22.5 Å². The minimum Gasteiger partial charge on any atom is -0.330 e. The number of nitrogens with two attached hydrogens (primary N) is 1. The van der Waals surface area contributed by atoms with Gasteiger partial charge in [0.05, 0.1) is 23.6 Å². The SMILES string of the molecule is Cc1c(C(=O)Nc2ccncc2F)cnn1CCCN. The van der Waals surface area contributed by atoms with E-state index in [0.717, 1.165) is 18.3 Å². The summed E-state index contributed by atoms with van der Waals surface area (Å²) in [5.41, 5.74) is 6.68. The molecule has 7 heteroatoms. The van der Waals surface area contributed by atoms with Crippen molar-refractivity contribution >= 4 is 11.6 Å². The fourth-order valence-corrected chi connectivity index (χ4v) is 1.80. The largest absolute Gasteiger partial charge is 0.330 e. The molecule has 0 fully saturated rings. The lowest BCUT2D eigenvalue weighted by molar-refractivity contribution is 0.102. The number of carbonyl (C=O) groups is 1. The Kier molecular flexibility index (Phi) is 4.41. The Labute approximate surface area is 115 Å². The Balaban J connectivity index is 2.14. The lowest BCUT2D eigenvalue weighted by atomic mass is 10.2. The average Bonchev–Trinajstić information content (AvgIpc) is 2.80. The lowest BCUT2D eigenvalue weighted by Gasteiger charge is -2.06. The van der Waals surface area contributed by atoms with Crippen LogP contribution in [0.25, 0.3) is 0 Å². The summed E-state index contributed by atoms with van der Waals surface area (Å²) in [4.78, 5) is 15.7. The van der Waals surface area contributed by atoms with Crippen LogP contribution in [0.4, 0.5) is 10.1 Å². The quantitative estimate of drug-likeness (QED) is 0.863. The predicted molar refractivity (Wildman–Crippen MR) is 72.8 cm³/mol. The number of pyridine rings is 1. The highest BCUT2D eigenvalue weighted by atomic mass is 19.1. The molecule has 20 heavy (non-hydrogen) atoms. The van der Waals surface area contributed by atoms with Crippen molar-refractivity contribution in [2.45, 2.75) is 19.9 Å². The molecule has 0 aromatic carbocycles. The number of aromatic nitrogens is 3. The van der Waals surface area contributed by atoms with Gasteiger partial charge in [-0.1, -0.05) is 0 Å². The zero-order valence-electron chi connectivity index (χ0n) is 11.1. The fourth-order valence-electron chi connectivity index (χ4n) is 1.80. The molecule has 3 N–H and O–H groups in total. The van der Waals surface area contributed by atoms with Gasteiger partial charge in [0.25, 0.3) is 5.91 Å². The van der Waals surface area contributed by atoms with Crippen LogP contribution in [0, 0.1) is 12.7 Å². The van der Waals surface area contributed by atoms with E-state index in [0.29, 0.717) is 18.7 Å². The van der Waals surface area contributed by atoms with Gasteiger partial charge in [-0.3, -0.25) is 14.5 Å². The molecule has 0 unspecified atom stereocenters. The van der Waals surface area contributed by atoms with Crippen LogP contribution in [0.3, 0.4) is 0 Å². The van der Waals surface area contributed by atoms with Gasteiger partial charge in [0.15, 0.2) is 5.82 Å². The number of nitrogens with one attached hydrogen (secondary N) is 1. The van der Waals surface area contributed by atoms with E-state index in [2.05, 4.69) is 15.4 Å². The topological polar surface area (TPSA) is 85.8 Å². The molecule has 0 bridgehead atoms. The third-order valence-electron chi connectivity index (χ3n) is 2.94. The molecule has 0 aliphatic carbocycles. The van der Waals surface area contributed by atoms with E-state index >= 15 is 0 Å². The second-order valence-electron chi connectivity index (χ2n) is 4.32. The molecule has 0 radical (unpaired) electrons. The molecular weight excluding hydrogens is 261 g/mol. The highest BCUT2D eigenvalue weighted by Crippen LogP contribution is 2.14. The van der Waals surface area contributed by atoms with Crippen LogP contribution in [-0.2, 0) is 6.54 Å². The molecule has 0 saturated carbocycles. The smallest absolute Gasteiger partial charge is 0.259 e. The summed E-state index contributed by atoms with van der Waals surface area (Å²) in [6.07, 6.45) is 4.71. The molecule has 2 heterocycles. The zero-order valence-corrected chi connectivity index (χ0v) is 11.1. The molecule has 2 aromatic rings. The Hall–Kier alpha value is -2.28.